The number of nitrogens with one attached hydrogen (secondary N) is 2. The Labute approximate surface area is 138 Å². The van der Waals surface area contributed by atoms with Crippen LogP contribution in [0.3, 0.4) is 0 Å². The second kappa shape index (κ2) is 6.01. The Morgan fingerprint density at radius 2 is 1.88 bits per heavy atom. The van der Waals surface area contributed by atoms with E-state index >= 15 is 0 Å². The van der Waals surface area contributed by atoms with Crippen molar-refractivity contribution in [2.75, 3.05) is 5.32 Å². The summed E-state index contributed by atoms with van der Waals surface area (Å²) in [7, 11) is 0. The second-order valence-electron chi connectivity index (χ2n) is 5.56. The Morgan fingerprint density at radius 1 is 1.00 bits per heavy atom. The van der Waals surface area contributed by atoms with Crippen LogP contribution in [0.5, 0.6) is 0 Å². The third-order valence-electron chi connectivity index (χ3n) is 3.95. The quantitative estimate of drug-likeness (QED) is 0.552. The largest absolute Gasteiger partial charge is 0.322 e. The number of amides is 1. The van der Waals surface area contributed by atoms with Crippen molar-refractivity contribution >= 4 is 39.3 Å². The van der Waals surface area contributed by atoms with Gasteiger partial charge in [0.05, 0.1) is 11.7 Å². The number of rotatable bonds is 3. The number of carbonyl (C=O) groups is 1. The summed E-state index contributed by atoms with van der Waals surface area (Å²) in [6, 6.07) is 19.8. The highest BCUT2D eigenvalue weighted by Crippen LogP contribution is 2.20. The number of H-pyrrole nitrogens is 1. The highest BCUT2D eigenvalue weighted by atomic mass is 16.1. The summed E-state index contributed by atoms with van der Waals surface area (Å²) < 4.78 is 0. The summed E-state index contributed by atoms with van der Waals surface area (Å²) in [5, 5.41) is 13.0. The molecule has 4 nitrogen and oxygen atoms in total. The maximum Gasteiger partial charge on any atom is 0.248 e. The van der Waals surface area contributed by atoms with Crippen LogP contribution in [0, 0.1) is 0 Å². The summed E-state index contributed by atoms with van der Waals surface area (Å²) in [5.74, 6) is -0.161. The molecule has 0 aliphatic carbocycles. The first-order valence-corrected chi connectivity index (χ1v) is 7.69. The van der Waals surface area contributed by atoms with Gasteiger partial charge in [-0.15, -0.1) is 0 Å². The van der Waals surface area contributed by atoms with E-state index in [-0.39, 0.29) is 5.91 Å². The molecule has 116 valence electrons. The highest BCUT2D eigenvalue weighted by molar-refractivity contribution is 6.04. The molecule has 24 heavy (non-hydrogen) atoms. The summed E-state index contributed by atoms with van der Waals surface area (Å²) >= 11 is 0. The average molecular weight is 313 g/mol. The summed E-state index contributed by atoms with van der Waals surface area (Å²) in [4.78, 5) is 12.2. The Kier molecular flexibility index (Phi) is 3.56. The molecule has 0 saturated heterocycles. The van der Waals surface area contributed by atoms with Gasteiger partial charge in [-0.25, -0.2) is 0 Å². The molecule has 0 aliphatic rings. The van der Waals surface area contributed by atoms with E-state index in [0.717, 1.165) is 32.9 Å². The van der Waals surface area contributed by atoms with Crippen LogP contribution in [0.2, 0.25) is 0 Å². The predicted molar refractivity (Wildman–Crippen MR) is 97.7 cm³/mol. The molecule has 2 N–H and O–H groups in total. The molecule has 4 rings (SSSR count). The van der Waals surface area contributed by atoms with Crippen LogP contribution in [-0.4, -0.2) is 16.1 Å². The van der Waals surface area contributed by atoms with Gasteiger partial charge in [-0.2, -0.15) is 5.10 Å². The molecule has 0 unspecified atom stereocenters. The van der Waals surface area contributed by atoms with Crippen molar-refractivity contribution in [3.63, 3.8) is 0 Å². The molecule has 0 spiro atoms. The minimum absolute atomic E-state index is 0.161. The number of benzene rings is 3. The number of anilines is 1. The van der Waals surface area contributed by atoms with Crippen LogP contribution >= 0.6 is 0 Å². The minimum atomic E-state index is -0.161. The SMILES string of the molecule is O=C(/C=C/c1cccc2ccccc12)Nc1ccc2[nH]ncc2c1. The zero-order chi connectivity index (χ0) is 16.4. The molecule has 0 radical (unpaired) electrons. The lowest BCUT2D eigenvalue weighted by Gasteiger charge is -2.03. The van der Waals surface area contributed by atoms with E-state index in [0.29, 0.717) is 0 Å². The summed E-state index contributed by atoms with van der Waals surface area (Å²) in [5.41, 5.74) is 2.71. The molecule has 0 atom stereocenters. The van der Waals surface area contributed by atoms with Gasteiger partial charge in [-0.1, -0.05) is 42.5 Å². The van der Waals surface area contributed by atoms with Crippen LogP contribution < -0.4 is 5.32 Å². The number of hydrogen-bond acceptors (Lipinski definition) is 2. The normalized spacial score (nSPS) is 11.3. The molecule has 1 aromatic heterocycles. The van der Waals surface area contributed by atoms with E-state index in [4.69, 9.17) is 0 Å². The van der Waals surface area contributed by atoms with Gasteiger partial charge in [0.1, 0.15) is 0 Å². The Bertz CT molecular complexity index is 1060. The third kappa shape index (κ3) is 2.77. The molecule has 1 heterocycles. The molecule has 4 heteroatoms. The van der Waals surface area contributed by atoms with Crippen molar-refractivity contribution in [1.82, 2.24) is 10.2 Å². The lowest BCUT2D eigenvalue weighted by molar-refractivity contribution is -0.111. The average Bonchev–Trinajstić information content (AvgIpc) is 3.07. The van der Waals surface area contributed by atoms with Gasteiger partial charge in [-0.3, -0.25) is 9.89 Å². The number of carbonyl (C=O) groups excluding carboxylic acids is 1. The Balaban J connectivity index is 1.55. The number of aromatic amines is 1. The Hall–Kier alpha value is -3.40. The van der Waals surface area contributed by atoms with Gasteiger partial charge in [-0.05, 0) is 40.6 Å². The molecule has 4 aromatic rings. The van der Waals surface area contributed by atoms with E-state index in [1.165, 1.54) is 0 Å². The number of aromatic nitrogens is 2. The minimum Gasteiger partial charge on any atom is -0.322 e. The maximum absolute atomic E-state index is 12.2. The molecular formula is C20H15N3O. The van der Waals surface area contributed by atoms with Crippen molar-refractivity contribution in [2.45, 2.75) is 0 Å². The van der Waals surface area contributed by atoms with Gasteiger partial charge >= 0.3 is 0 Å². The molecule has 1 amide bonds. The van der Waals surface area contributed by atoms with Crippen molar-refractivity contribution in [1.29, 1.82) is 0 Å². The molecule has 3 aromatic carbocycles. The van der Waals surface area contributed by atoms with Gasteiger partial charge in [0, 0.05) is 17.1 Å². The standard InChI is InChI=1S/C20H15N3O/c24-20(22-17-9-10-19-16(12-17)13-21-23-19)11-8-15-6-3-5-14-4-1-2-7-18(14)15/h1-13H,(H,21,23)(H,22,24)/b11-8+. The molecule has 0 bridgehead atoms. The van der Waals surface area contributed by atoms with E-state index in [9.17, 15) is 4.79 Å². The fourth-order valence-electron chi connectivity index (χ4n) is 2.77. The van der Waals surface area contributed by atoms with E-state index in [1.807, 2.05) is 48.5 Å². The predicted octanol–water partition coefficient (Wildman–Crippen LogP) is 4.37. The van der Waals surface area contributed by atoms with Crippen LogP contribution in [-0.2, 0) is 4.79 Å². The first-order chi connectivity index (χ1) is 11.8. The van der Waals surface area contributed by atoms with Gasteiger partial charge in [0.15, 0.2) is 0 Å². The van der Waals surface area contributed by atoms with Crippen molar-refractivity contribution in [3.05, 3.63) is 78.5 Å². The number of hydrogen-bond donors (Lipinski definition) is 2. The lowest BCUT2D eigenvalue weighted by Crippen LogP contribution is -2.07. The maximum atomic E-state index is 12.2. The summed E-state index contributed by atoms with van der Waals surface area (Å²) in [6.07, 6.45) is 5.13. The van der Waals surface area contributed by atoms with Crippen LogP contribution in [0.15, 0.2) is 72.9 Å². The van der Waals surface area contributed by atoms with Gasteiger partial charge in [0.2, 0.25) is 5.91 Å². The molecule has 0 aliphatic heterocycles. The second-order valence-corrected chi connectivity index (χ2v) is 5.56. The van der Waals surface area contributed by atoms with Crippen LogP contribution in [0.1, 0.15) is 5.56 Å². The zero-order valence-electron chi connectivity index (χ0n) is 12.9. The first kappa shape index (κ1) is 14.2. The van der Waals surface area contributed by atoms with Crippen molar-refractivity contribution < 1.29 is 4.79 Å². The fourth-order valence-corrected chi connectivity index (χ4v) is 2.77. The smallest absolute Gasteiger partial charge is 0.248 e. The monoisotopic (exact) mass is 313 g/mol. The number of nitrogens with zero attached hydrogens (tertiary/aromatic N) is 1. The lowest BCUT2D eigenvalue weighted by atomic mass is 10.0. The van der Waals surface area contributed by atoms with Crippen molar-refractivity contribution in [3.8, 4) is 0 Å². The van der Waals surface area contributed by atoms with Crippen LogP contribution in [0.4, 0.5) is 5.69 Å². The zero-order valence-corrected chi connectivity index (χ0v) is 12.9. The fraction of sp³-hybridized carbons (Fsp3) is 0. The van der Waals surface area contributed by atoms with Gasteiger partial charge < -0.3 is 5.32 Å². The van der Waals surface area contributed by atoms with E-state index < -0.39 is 0 Å². The number of fused-ring (bicyclic) bond motifs is 2. The Morgan fingerprint density at radius 3 is 2.83 bits per heavy atom. The van der Waals surface area contributed by atoms with Crippen LogP contribution in [0.25, 0.3) is 27.8 Å². The third-order valence-corrected chi connectivity index (χ3v) is 3.95. The molecule has 0 fully saturated rings. The molecule has 0 saturated carbocycles. The van der Waals surface area contributed by atoms with Gasteiger partial charge in [0.25, 0.3) is 0 Å². The van der Waals surface area contributed by atoms with E-state index in [1.54, 1.807) is 12.3 Å². The molecular weight excluding hydrogens is 298 g/mol. The van der Waals surface area contributed by atoms with E-state index in [2.05, 4.69) is 33.7 Å². The highest BCUT2D eigenvalue weighted by Gasteiger charge is 2.02. The first-order valence-electron chi connectivity index (χ1n) is 7.69. The topological polar surface area (TPSA) is 57.8 Å². The van der Waals surface area contributed by atoms with Crippen molar-refractivity contribution in [2.24, 2.45) is 0 Å². The summed E-state index contributed by atoms with van der Waals surface area (Å²) in [6.45, 7) is 0.